The van der Waals surface area contributed by atoms with E-state index in [4.69, 9.17) is 4.74 Å². The summed E-state index contributed by atoms with van der Waals surface area (Å²) in [5, 5.41) is 10.5. The lowest BCUT2D eigenvalue weighted by atomic mass is 9.98. The van der Waals surface area contributed by atoms with Crippen molar-refractivity contribution >= 4 is 11.9 Å². The van der Waals surface area contributed by atoms with Crippen LogP contribution in [0.2, 0.25) is 0 Å². The second-order valence-corrected chi connectivity index (χ2v) is 5.75. The fourth-order valence-corrected chi connectivity index (χ4v) is 2.55. The summed E-state index contributed by atoms with van der Waals surface area (Å²) in [6.45, 7) is 4.83. The van der Waals surface area contributed by atoms with Crippen LogP contribution >= 0.6 is 0 Å². The summed E-state index contributed by atoms with van der Waals surface area (Å²) in [5.41, 5.74) is 0. The second kappa shape index (κ2) is 8.85. The highest BCUT2D eigenvalue weighted by atomic mass is 16.5. The molecule has 1 saturated heterocycles. The first-order valence-corrected chi connectivity index (χ1v) is 8.20. The van der Waals surface area contributed by atoms with E-state index in [0.29, 0.717) is 18.5 Å². The zero-order chi connectivity index (χ0) is 15.8. The Kier molecular flexibility index (Phi) is 6.79. The van der Waals surface area contributed by atoms with Gasteiger partial charge >= 0.3 is 0 Å². The minimum absolute atomic E-state index is 0.0687. The molecule has 1 aliphatic heterocycles. The Balaban J connectivity index is 1.79. The number of carbonyl (C=O) groups excluding carboxylic acids is 1. The molecule has 1 amide bonds. The lowest BCUT2D eigenvalue weighted by Crippen LogP contribution is -2.27. The molecule has 1 aromatic rings. The van der Waals surface area contributed by atoms with Crippen molar-refractivity contribution in [3.63, 3.8) is 0 Å². The molecule has 0 bridgehead atoms. The number of aryl methyl sites for hydroxylation is 1. The number of carbonyl (C=O) groups is 1. The average molecular weight is 309 g/mol. The lowest BCUT2D eigenvalue weighted by molar-refractivity contribution is -0.120. The minimum atomic E-state index is -0.177. The average Bonchev–Trinajstić information content (AvgIpc) is 2.89. The van der Waals surface area contributed by atoms with Gasteiger partial charge in [-0.3, -0.25) is 10.1 Å². The van der Waals surface area contributed by atoms with Crippen molar-refractivity contribution in [3.8, 4) is 0 Å². The lowest BCUT2D eigenvalue weighted by Gasteiger charge is -2.19. The van der Waals surface area contributed by atoms with Gasteiger partial charge in [0.05, 0.1) is 0 Å². The first-order valence-electron chi connectivity index (χ1n) is 8.20. The molecule has 0 atom stereocenters. The van der Waals surface area contributed by atoms with Gasteiger partial charge in [0.2, 0.25) is 5.95 Å². The van der Waals surface area contributed by atoms with E-state index in [1.807, 2.05) is 0 Å². The van der Waals surface area contributed by atoms with E-state index in [2.05, 4.69) is 27.6 Å². The Morgan fingerprint density at radius 1 is 1.41 bits per heavy atom. The van der Waals surface area contributed by atoms with Crippen molar-refractivity contribution in [3.05, 3.63) is 5.82 Å². The predicted molar refractivity (Wildman–Crippen MR) is 84.8 cm³/mol. The van der Waals surface area contributed by atoms with Crippen molar-refractivity contribution in [2.45, 2.75) is 44.9 Å². The van der Waals surface area contributed by atoms with Crippen LogP contribution in [0.15, 0.2) is 0 Å². The number of aromatic nitrogens is 3. The van der Waals surface area contributed by atoms with E-state index in [1.54, 1.807) is 11.7 Å². The first-order chi connectivity index (χ1) is 10.7. The van der Waals surface area contributed by atoms with Gasteiger partial charge in [-0.25, -0.2) is 4.68 Å². The van der Waals surface area contributed by atoms with Gasteiger partial charge in [-0.1, -0.05) is 19.8 Å². The summed E-state index contributed by atoms with van der Waals surface area (Å²) < 4.78 is 6.99. The Morgan fingerprint density at radius 3 is 2.91 bits per heavy atom. The number of nitrogens with zero attached hydrogens (tertiary/aromatic N) is 3. The SMILES string of the molecule is CCCCCOCC(=O)Nc1nc(C2CCNCC2)nn1C. The van der Waals surface area contributed by atoms with Gasteiger partial charge in [0.1, 0.15) is 6.61 Å². The topological polar surface area (TPSA) is 81.1 Å². The third-order valence-electron chi connectivity index (χ3n) is 3.86. The van der Waals surface area contributed by atoms with E-state index in [-0.39, 0.29) is 12.5 Å². The number of nitrogens with one attached hydrogen (secondary N) is 2. The molecule has 2 rings (SSSR count). The van der Waals surface area contributed by atoms with Crippen molar-refractivity contribution < 1.29 is 9.53 Å². The number of piperidine rings is 1. The van der Waals surface area contributed by atoms with Gasteiger partial charge in [0, 0.05) is 19.6 Å². The number of rotatable bonds is 8. The Hall–Kier alpha value is -1.47. The van der Waals surface area contributed by atoms with E-state index >= 15 is 0 Å². The van der Waals surface area contributed by atoms with E-state index in [9.17, 15) is 4.79 Å². The van der Waals surface area contributed by atoms with Gasteiger partial charge in [0.15, 0.2) is 5.82 Å². The quantitative estimate of drug-likeness (QED) is 0.710. The van der Waals surface area contributed by atoms with Gasteiger partial charge in [-0.15, -0.1) is 0 Å². The van der Waals surface area contributed by atoms with E-state index < -0.39 is 0 Å². The molecule has 124 valence electrons. The molecule has 0 spiro atoms. The predicted octanol–water partition coefficient (Wildman–Crippen LogP) is 1.43. The molecule has 0 unspecified atom stereocenters. The molecule has 7 nitrogen and oxygen atoms in total. The Labute approximate surface area is 131 Å². The maximum absolute atomic E-state index is 11.9. The van der Waals surface area contributed by atoms with Crippen molar-refractivity contribution in [2.24, 2.45) is 7.05 Å². The zero-order valence-electron chi connectivity index (χ0n) is 13.6. The highest BCUT2D eigenvalue weighted by Gasteiger charge is 2.21. The van der Waals surface area contributed by atoms with Crippen molar-refractivity contribution in [2.75, 3.05) is 31.6 Å². The summed E-state index contributed by atoms with van der Waals surface area (Å²) in [5.74, 6) is 1.52. The zero-order valence-corrected chi connectivity index (χ0v) is 13.6. The molecule has 0 radical (unpaired) electrons. The van der Waals surface area contributed by atoms with Crippen LogP contribution in [0.1, 0.15) is 50.8 Å². The second-order valence-electron chi connectivity index (χ2n) is 5.75. The molecule has 22 heavy (non-hydrogen) atoms. The summed E-state index contributed by atoms with van der Waals surface area (Å²) in [6.07, 6.45) is 5.35. The standard InChI is InChI=1S/C15H27N5O2/c1-3-4-5-10-22-11-13(21)17-15-18-14(19-20(15)2)12-6-8-16-9-7-12/h12,16H,3-11H2,1-2H3,(H,17,18,19,21). The number of amides is 1. The molecule has 0 saturated carbocycles. The summed E-state index contributed by atoms with van der Waals surface area (Å²) in [4.78, 5) is 16.3. The largest absolute Gasteiger partial charge is 0.372 e. The van der Waals surface area contributed by atoms with E-state index in [1.165, 1.54) is 0 Å². The van der Waals surface area contributed by atoms with Crippen LogP contribution in [0.5, 0.6) is 0 Å². The van der Waals surface area contributed by atoms with Crippen LogP contribution in [0.4, 0.5) is 5.95 Å². The van der Waals surface area contributed by atoms with Gasteiger partial charge < -0.3 is 10.1 Å². The number of hydrogen-bond acceptors (Lipinski definition) is 5. The summed E-state index contributed by atoms with van der Waals surface area (Å²) >= 11 is 0. The third-order valence-corrected chi connectivity index (χ3v) is 3.86. The highest BCUT2D eigenvalue weighted by molar-refractivity contribution is 5.90. The monoisotopic (exact) mass is 309 g/mol. The Morgan fingerprint density at radius 2 is 2.18 bits per heavy atom. The number of anilines is 1. The molecule has 0 aromatic carbocycles. The number of ether oxygens (including phenoxy) is 1. The molecule has 1 aromatic heterocycles. The van der Waals surface area contributed by atoms with Crippen LogP contribution in [0.3, 0.4) is 0 Å². The fourth-order valence-electron chi connectivity index (χ4n) is 2.55. The van der Waals surface area contributed by atoms with Crippen LogP contribution in [-0.2, 0) is 16.6 Å². The van der Waals surface area contributed by atoms with Crippen molar-refractivity contribution in [1.29, 1.82) is 0 Å². The number of unbranched alkanes of at least 4 members (excludes halogenated alkanes) is 2. The molecule has 2 heterocycles. The maximum Gasteiger partial charge on any atom is 0.252 e. The normalized spacial score (nSPS) is 15.9. The van der Waals surface area contributed by atoms with Gasteiger partial charge in [-0.05, 0) is 32.4 Å². The van der Waals surface area contributed by atoms with Crippen LogP contribution < -0.4 is 10.6 Å². The molecular formula is C15H27N5O2. The summed E-state index contributed by atoms with van der Waals surface area (Å²) in [7, 11) is 1.80. The Bertz CT molecular complexity index is 468. The molecule has 0 aliphatic carbocycles. The smallest absolute Gasteiger partial charge is 0.252 e. The molecule has 2 N–H and O–H groups in total. The highest BCUT2D eigenvalue weighted by Crippen LogP contribution is 2.23. The van der Waals surface area contributed by atoms with Crippen LogP contribution in [-0.4, -0.2) is 47.0 Å². The third kappa shape index (κ3) is 5.06. The van der Waals surface area contributed by atoms with Crippen molar-refractivity contribution in [1.82, 2.24) is 20.1 Å². The fraction of sp³-hybridized carbons (Fsp3) is 0.800. The number of hydrogen-bond donors (Lipinski definition) is 2. The molecule has 1 fully saturated rings. The van der Waals surface area contributed by atoms with Crippen LogP contribution in [0, 0.1) is 0 Å². The first kappa shape index (κ1) is 16.9. The molecule has 1 aliphatic rings. The van der Waals surface area contributed by atoms with Gasteiger partial charge in [0.25, 0.3) is 5.91 Å². The molecular weight excluding hydrogens is 282 g/mol. The van der Waals surface area contributed by atoms with E-state index in [0.717, 1.165) is 51.0 Å². The van der Waals surface area contributed by atoms with Crippen LogP contribution in [0.25, 0.3) is 0 Å². The summed E-state index contributed by atoms with van der Waals surface area (Å²) in [6, 6.07) is 0. The van der Waals surface area contributed by atoms with Gasteiger partial charge in [-0.2, -0.15) is 10.1 Å². The minimum Gasteiger partial charge on any atom is -0.372 e. The molecule has 7 heteroatoms. The maximum atomic E-state index is 11.9.